The number of carbonyl (C=O) groups excluding carboxylic acids is 1. The number of amides is 1. The minimum absolute atomic E-state index is 0.161. The third kappa shape index (κ3) is 4.00. The minimum Gasteiger partial charge on any atom is -0.298 e. The van der Waals surface area contributed by atoms with Crippen LogP contribution in [0.15, 0.2) is 66.0 Å². The molecule has 0 aliphatic carbocycles. The molecule has 0 unspecified atom stereocenters. The first-order valence-corrected chi connectivity index (χ1v) is 11.4. The fourth-order valence-electron chi connectivity index (χ4n) is 3.26. The molecule has 0 saturated heterocycles. The van der Waals surface area contributed by atoms with Gasteiger partial charge < -0.3 is 0 Å². The molecule has 0 atom stereocenters. The van der Waals surface area contributed by atoms with E-state index in [1.165, 1.54) is 17.4 Å². The van der Waals surface area contributed by atoms with Gasteiger partial charge in [0.05, 0.1) is 31.7 Å². The van der Waals surface area contributed by atoms with Crippen molar-refractivity contribution < 1.29 is 13.6 Å². The molecule has 0 aliphatic heterocycles. The zero-order valence-corrected chi connectivity index (χ0v) is 18.5. The van der Waals surface area contributed by atoms with Gasteiger partial charge in [0.1, 0.15) is 11.6 Å². The van der Waals surface area contributed by atoms with E-state index in [1.807, 2.05) is 30.3 Å². The van der Waals surface area contributed by atoms with Crippen molar-refractivity contribution in [1.82, 2.24) is 9.97 Å². The molecule has 0 fully saturated rings. The van der Waals surface area contributed by atoms with Crippen LogP contribution in [0.25, 0.3) is 32.7 Å². The first-order valence-electron chi connectivity index (χ1n) is 9.36. The molecule has 0 spiro atoms. The summed E-state index contributed by atoms with van der Waals surface area (Å²) in [4.78, 5) is 23.0. The number of pyridine rings is 1. The summed E-state index contributed by atoms with van der Waals surface area (Å²) in [5, 5.41) is 5.38. The van der Waals surface area contributed by atoms with Crippen molar-refractivity contribution in [2.45, 2.75) is 0 Å². The number of nitrogens with one attached hydrogen (secondary N) is 1. The van der Waals surface area contributed by atoms with E-state index in [2.05, 4.69) is 15.3 Å². The molecule has 1 amide bonds. The largest absolute Gasteiger partial charge is 0.298 e. The number of thiazole rings is 1. The highest BCUT2D eigenvalue weighted by Crippen LogP contribution is 2.33. The Kier molecular flexibility index (Phi) is 5.42. The number of fused-ring (bicyclic) bond motifs is 1. The molecule has 0 radical (unpaired) electrons. The number of para-hydroxylation sites is 1. The normalized spacial score (nSPS) is 11.1. The van der Waals surface area contributed by atoms with Crippen LogP contribution in [0, 0.1) is 11.6 Å². The van der Waals surface area contributed by atoms with Crippen molar-refractivity contribution in [2.24, 2.45) is 0 Å². The lowest BCUT2D eigenvalue weighted by molar-refractivity contribution is 0.102. The molecule has 5 aromatic rings. The molecule has 158 valence electrons. The molecule has 9 heteroatoms. The molecule has 1 N–H and O–H groups in total. The number of nitrogens with zero attached hydrogens (tertiary/aromatic N) is 2. The lowest BCUT2D eigenvalue weighted by Gasteiger charge is -2.08. The first-order chi connectivity index (χ1) is 15.5. The Labute approximate surface area is 194 Å². The number of halogens is 3. The number of rotatable bonds is 4. The van der Waals surface area contributed by atoms with Crippen LogP contribution >= 0.6 is 34.3 Å². The maximum absolute atomic E-state index is 14.1. The molecule has 5 rings (SSSR count). The van der Waals surface area contributed by atoms with E-state index in [0.717, 1.165) is 28.3 Å². The van der Waals surface area contributed by atoms with E-state index in [0.29, 0.717) is 37.3 Å². The fourth-order valence-corrected chi connectivity index (χ4v) is 4.97. The summed E-state index contributed by atoms with van der Waals surface area (Å²) >= 11 is 8.60. The Morgan fingerprint density at radius 3 is 2.59 bits per heavy atom. The Balaban J connectivity index is 1.49. The second kappa shape index (κ2) is 8.38. The maximum atomic E-state index is 14.1. The van der Waals surface area contributed by atoms with Gasteiger partial charge in [-0.3, -0.25) is 10.1 Å². The zero-order chi connectivity index (χ0) is 22.2. The molecular formula is C23H12ClF2N3OS2. The predicted molar refractivity (Wildman–Crippen MR) is 125 cm³/mol. The van der Waals surface area contributed by atoms with Crippen molar-refractivity contribution in [3.05, 3.63) is 87.6 Å². The number of carbonyl (C=O) groups is 1. The summed E-state index contributed by atoms with van der Waals surface area (Å²) in [6.45, 7) is 0. The molecule has 0 bridgehead atoms. The average Bonchev–Trinajstić information content (AvgIpc) is 3.42. The Morgan fingerprint density at radius 2 is 1.81 bits per heavy atom. The molecule has 2 aromatic carbocycles. The van der Waals surface area contributed by atoms with E-state index in [4.69, 9.17) is 11.6 Å². The highest BCUT2D eigenvalue weighted by atomic mass is 35.5. The summed E-state index contributed by atoms with van der Waals surface area (Å²) in [5.41, 5.74) is 2.22. The van der Waals surface area contributed by atoms with Crippen LogP contribution < -0.4 is 5.32 Å². The SMILES string of the molecule is O=C(Nc1nc(-c2ccc(F)cc2F)cs1)c1cc(-c2ccc(Cl)s2)nc2ccccc12. The number of hydrogen-bond donors (Lipinski definition) is 1. The van der Waals surface area contributed by atoms with Gasteiger partial charge in [0.25, 0.3) is 5.91 Å². The fraction of sp³-hybridized carbons (Fsp3) is 0. The predicted octanol–water partition coefficient (Wildman–Crippen LogP) is 7.27. The second-order valence-corrected chi connectivity index (χ2v) is 9.37. The third-order valence-electron chi connectivity index (χ3n) is 4.72. The van der Waals surface area contributed by atoms with Crippen LogP contribution in [0.5, 0.6) is 0 Å². The number of anilines is 1. The topological polar surface area (TPSA) is 54.9 Å². The standard InChI is InChI=1S/C23H12ClF2N3OS2/c24-21-8-7-20(32-21)18-10-15(13-3-1-2-4-17(13)27-18)22(30)29-23-28-19(11-31-23)14-6-5-12(25)9-16(14)26/h1-11H,(H,28,29,30). The number of benzene rings is 2. The maximum Gasteiger partial charge on any atom is 0.258 e. The molecule has 32 heavy (non-hydrogen) atoms. The third-order valence-corrected chi connectivity index (χ3v) is 6.73. The van der Waals surface area contributed by atoms with Crippen molar-refractivity contribution in [3.8, 4) is 21.8 Å². The summed E-state index contributed by atoms with van der Waals surface area (Å²) in [6, 6.07) is 16.0. The van der Waals surface area contributed by atoms with Crippen molar-refractivity contribution in [2.75, 3.05) is 5.32 Å². The van der Waals surface area contributed by atoms with Gasteiger partial charge in [-0.05, 0) is 36.4 Å². The van der Waals surface area contributed by atoms with Crippen molar-refractivity contribution in [3.63, 3.8) is 0 Å². The zero-order valence-electron chi connectivity index (χ0n) is 16.1. The smallest absolute Gasteiger partial charge is 0.258 e. The number of thiophene rings is 1. The van der Waals surface area contributed by atoms with Gasteiger partial charge in [0, 0.05) is 22.4 Å². The molecular weight excluding hydrogens is 472 g/mol. The second-order valence-electron chi connectivity index (χ2n) is 6.79. The van der Waals surface area contributed by atoms with Gasteiger partial charge in [0.2, 0.25) is 0 Å². The molecule has 3 heterocycles. The van der Waals surface area contributed by atoms with Crippen molar-refractivity contribution in [1.29, 1.82) is 0 Å². The summed E-state index contributed by atoms with van der Waals surface area (Å²) < 4.78 is 27.9. The summed E-state index contributed by atoms with van der Waals surface area (Å²) in [6.07, 6.45) is 0. The quantitative estimate of drug-likeness (QED) is 0.292. The highest BCUT2D eigenvalue weighted by molar-refractivity contribution is 7.19. The van der Waals surface area contributed by atoms with Gasteiger partial charge in [-0.1, -0.05) is 29.8 Å². The first kappa shape index (κ1) is 20.7. The Morgan fingerprint density at radius 1 is 0.969 bits per heavy atom. The van der Waals surface area contributed by atoms with Crippen LogP contribution in [0.2, 0.25) is 4.34 Å². The van der Waals surface area contributed by atoms with Gasteiger partial charge in [-0.25, -0.2) is 18.7 Å². The van der Waals surface area contributed by atoms with Gasteiger partial charge in [-0.2, -0.15) is 0 Å². The number of hydrogen-bond acceptors (Lipinski definition) is 5. The van der Waals surface area contributed by atoms with E-state index >= 15 is 0 Å². The van der Waals surface area contributed by atoms with Gasteiger partial charge in [0.15, 0.2) is 5.13 Å². The van der Waals surface area contributed by atoms with Crippen LogP contribution in [0.4, 0.5) is 13.9 Å². The monoisotopic (exact) mass is 483 g/mol. The van der Waals surface area contributed by atoms with E-state index in [9.17, 15) is 13.6 Å². The summed E-state index contributed by atoms with van der Waals surface area (Å²) in [7, 11) is 0. The molecule has 3 aromatic heterocycles. The Bertz CT molecular complexity index is 1480. The van der Waals surface area contributed by atoms with E-state index in [1.54, 1.807) is 17.5 Å². The minimum atomic E-state index is -0.715. The molecule has 4 nitrogen and oxygen atoms in total. The van der Waals surface area contributed by atoms with E-state index < -0.39 is 11.6 Å². The average molecular weight is 484 g/mol. The Hall–Kier alpha value is -3.20. The van der Waals surface area contributed by atoms with Crippen LogP contribution in [0.3, 0.4) is 0 Å². The van der Waals surface area contributed by atoms with Crippen LogP contribution in [-0.4, -0.2) is 15.9 Å². The van der Waals surface area contributed by atoms with Gasteiger partial charge >= 0.3 is 0 Å². The number of aromatic nitrogens is 2. The van der Waals surface area contributed by atoms with Crippen molar-refractivity contribution >= 4 is 56.2 Å². The van der Waals surface area contributed by atoms with Crippen LogP contribution in [-0.2, 0) is 0 Å². The lowest BCUT2D eigenvalue weighted by atomic mass is 10.1. The van der Waals surface area contributed by atoms with Crippen LogP contribution in [0.1, 0.15) is 10.4 Å². The van der Waals surface area contributed by atoms with E-state index in [-0.39, 0.29) is 11.5 Å². The lowest BCUT2D eigenvalue weighted by Crippen LogP contribution is -2.13. The van der Waals surface area contributed by atoms with Gasteiger partial charge in [-0.15, -0.1) is 22.7 Å². The molecule has 0 saturated carbocycles. The molecule has 0 aliphatic rings. The summed E-state index contributed by atoms with van der Waals surface area (Å²) in [5.74, 6) is -1.75. The highest BCUT2D eigenvalue weighted by Gasteiger charge is 2.17.